The Bertz CT molecular complexity index is 1830. The molecule has 6 rings (SSSR count). The molecule has 0 radical (unpaired) electrons. The molecule has 4 amide bonds. The standard InChI is InChI=1S/C35H41F2N5O8S/c1-5-49-33(46)38-28(34(2,3)4)31(44)42-18-19(50-40-27-23-12-8-6-10-21(23)22-11-7-9-13-24(22)27)16-26(42)30(43)39-35(17-25(35)29(36)37)32(45)41-51(47,48)20-14-15-20/h6-13,19-20,25-26,28-29H,5,14-18H2,1-4H3,(H,38,46)(H,39,43)(H,41,45)/t19-,25+,26?,28-,35+/m1/s1. The number of alkyl carbamates (subject to hydrolysis) is 1. The summed E-state index contributed by atoms with van der Waals surface area (Å²) < 4.78 is 60.1. The first-order valence-electron chi connectivity index (χ1n) is 16.9. The third kappa shape index (κ3) is 7.14. The number of carbonyl (C=O) groups excluding carboxylic acids is 4. The zero-order valence-corrected chi connectivity index (χ0v) is 29.5. The fourth-order valence-electron chi connectivity index (χ4n) is 6.73. The van der Waals surface area contributed by atoms with Crippen molar-refractivity contribution < 1.29 is 46.0 Å². The molecule has 16 heteroatoms. The number of amides is 4. The van der Waals surface area contributed by atoms with Crippen molar-refractivity contribution in [3.05, 3.63) is 59.7 Å². The number of ether oxygens (including phenoxy) is 1. The van der Waals surface area contributed by atoms with Gasteiger partial charge in [-0.1, -0.05) is 74.5 Å². The minimum atomic E-state index is -4.12. The van der Waals surface area contributed by atoms with Crippen LogP contribution in [0.25, 0.3) is 11.1 Å². The number of hydrogen-bond donors (Lipinski definition) is 3. The quantitative estimate of drug-likeness (QED) is 0.252. The zero-order chi connectivity index (χ0) is 36.9. The van der Waals surface area contributed by atoms with E-state index in [2.05, 4.69) is 15.8 Å². The molecule has 4 aliphatic rings. The molecule has 1 aliphatic heterocycles. The predicted octanol–water partition coefficient (Wildman–Crippen LogP) is 3.31. The fourth-order valence-corrected chi connectivity index (χ4v) is 8.09. The Morgan fingerprint density at radius 2 is 1.59 bits per heavy atom. The molecule has 0 bridgehead atoms. The van der Waals surface area contributed by atoms with E-state index < -0.39 is 87.0 Å². The van der Waals surface area contributed by atoms with Gasteiger partial charge in [-0.2, -0.15) is 0 Å². The normalized spacial score (nSPS) is 24.3. The summed E-state index contributed by atoms with van der Waals surface area (Å²) in [6.45, 7) is 6.59. The maximum Gasteiger partial charge on any atom is 0.407 e. The molecule has 51 heavy (non-hydrogen) atoms. The number of carbonyl (C=O) groups is 4. The van der Waals surface area contributed by atoms with Crippen LogP contribution in [0.3, 0.4) is 0 Å². The molecule has 3 aliphatic carbocycles. The van der Waals surface area contributed by atoms with Crippen LogP contribution in [0.1, 0.15) is 64.5 Å². The smallest absolute Gasteiger partial charge is 0.407 e. The van der Waals surface area contributed by atoms with Gasteiger partial charge < -0.3 is 25.1 Å². The number of oxime groups is 1. The molecular formula is C35H41F2N5O8S. The maximum atomic E-state index is 14.2. The summed E-state index contributed by atoms with van der Waals surface area (Å²) >= 11 is 0. The molecule has 0 spiro atoms. The van der Waals surface area contributed by atoms with E-state index in [4.69, 9.17) is 9.57 Å². The summed E-state index contributed by atoms with van der Waals surface area (Å²) in [4.78, 5) is 61.3. The molecule has 2 aromatic carbocycles. The number of benzene rings is 2. The summed E-state index contributed by atoms with van der Waals surface area (Å²) in [5.74, 6) is -4.53. The SMILES string of the molecule is CCOC(=O)N[C@H](C(=O)N1C[C@H](ON=C2c3ccccc3-c3ccccc32)CC1C(=O)N[C@@]1(C(=O)NS(=O)(=O)C2CC2)C[C@H]1C(F)F)C(C)(C)C. The van der Waals surface area contributed by atoms with E-state index in [1.807, 2.05) is 53.3 Å². The number of fused-ring (bicyclic) bond motifs is 3. The Morgan fingerprint density at radius 1 is 1.00 bits per heavy atom. The third-order valence-corrected chi connectivity index (χ3v) is 11.5. The van der Waals surface area contributed by atoms with Crippen molar-refractivity contribution in [2.45, 2.75) is 88.8 Å². The first-order valence-corrected chi connectivity index (χ1v) is 18.4. The molecule has 2 saturated carbocycles. The van der Waals surface area contributed by atoms with Gasteiger partial charge in [-0.3, -0.25) is 19.1 Å². The lowest BCUT2D eigenvalue weighted by Crippen LogP contribution is -2.60. The number of rotatable bonds is 11. The summed E-state index contributed by atoms with van der Waals surface area (Å²) in [5.41, 5.74) is 1.03. The van der Waals surface area contributed by atoms with E-state index >= 15 is 0 Å². The van der Waals surface area contributed by atoms with Gasteiger partial charge in [0, 0.05) is 17.5 Å². The molecule has 1 saturated heterocycles. The monoisotopic (exact) mass is 729 g/mol. The van der Waals surface area contributed by atoms with Crippen LogP contribution in [0.5, 0.6) is 0 Å². The molecule has 3 N–H and O–H groups in total. The second-order valence-corrected chi connectivity index (χ2v) is 16.4. The zero-order valence-electron chi connectivity index (χ0n) is 28.7. The van der Waals surface area contributed by atoms with Crippen LogP contribution in [-0.4, -0.2) is 91.4 Å². The van der Waals surface area contributed by atoms with Crippen molar-refractivity contribution in [3.8, 4) is 11.1 Å². The van der Waals surface area contributed by atoms with Crippen LogP contribution in [0.4, 0.5) is 13.6 Å². The molecule has 0 aromatic heterocycles. The van der Waals surface area contributed by atoms with Crippen molar-refractivity contribution in [2.24, 2.45) is 16.5 Å². The minimum Gasteiger partial charge on any atom is -0.450 e. The van der Waals surface area contributed by atoms with Crippen LogP contribution in [0.15, 0.2) is 53.7 Å². The Balaban J connectivity index is 1.29. The van der Waals surface area contributed by atoms with Crippen molar-refractivity contribution in [1.29, 1.82) is 0 Å². The number of nitrogens with one attached hydrogen (secondary N) is 3. The molecule has 1 heterocycles. The Labute approximate surface area is 294 Å². The lowest BCUT2D eigenvalue weighted by atomic mass is 9.85. The summed E-state index contributed by atoms with van der Waals surface area (Å²) in [6, 6.07) is 12.7. The van der Waals surface area contributed by atoms with Crippen molar-refractivity contribution in [1.82, 2.24) is 20.3 Å². The van der Waals surface area contributed by atoms with Crippen molar-refractivity contribution in [3.63, 3.8) is 0 Å². The van der Waals surface area contributed by atoms with Crippen molar-refractivity contribution >= 4 is 39.5 Å². The highest BCUT2D eigenvalue weighted by atomic mass is 32.2. The van der Waals surface area contributed by atoms with Gasteiger partial charge in [0.1, 0.15) is 29.4 Å². The summed E-state index contributed by atoms with van der Waals surface area (Å²) in [6.07, 6.45) is -4.74. The highest BCUT2D eigenvalue weighted by Crippen LogP contribution is 2.48. The van der Waals surface area contributed by atoms with E-state index in [1.54, 1.807) is 27.7 Å². The fraction of sp³-hybridized carbons (Fsp3) is 0.514. The molecule has 3 fully saturated rings. The average molecular weight is 730 g/mol. The number of halogens is 2. The molecule has 2 aromatic rings. The second-order valence-electron chi connectivity index (χ2n) is 14.4. The molecular weight excluding hydrogens is 688 g/mol. The van der Waals surface area contributed by atoms with Crippen molar-refractivity contribution in [2.75, 3.05) is 13.2 Å². The second kappa shape index (κ2) is 13.5. The first kappa shape index (κ1) is 36.2. The van der Waals surface area contributed by atoms with Gasteiger partial charge in [0.05, 0.1) is 24.3 Å². The van der Waals surface area contributed by atoms with E-state index in [9.17, 15) is 36.4 Å². The van der Waals surface area contributed by atoms with Gasteiger partial charge in [0.25, 0.3) is 5.91 Å². The van der Waals surface area contributed by atoms with Crippen LogP contribution < -0.4 is 15.4 Å². The van der Waals surface area contributed by atoms with Gasteiger partial charge >= 0.3 is 6.09 Å². The Morgan fingerprint density at radius 3 is 2.10 bits per heavy atom. The highest BCUT2D eigenvalue weighted by Gasteiger charge is 2.67. The first-order chi connectivity index (χ1) is 24.1. The number of hydrogen-bond acceptors (Lipinski definition) is 9. The lowest BCUT2D eigenvalue weighted by Gasteiger charge is -2.35. The van der Waals surface area contributed by atoms with Gasteiger partial charge in [-0.05, 0) is 42.7 Å². The largest absolute Gasteiger partial charge is 0.450 e. The van der Waals surface area contributed by atoms with Gasteiger partial charge in [0.15, 0.2) is 0 Å². The summed E-state index contributed by atoms with van der Waals surface area (Å²) in [5, 5.41) is 8.64. The molecule has 1 unspecified atom stereocenters. The number of likely N-dealkylation sites (tertiary alicyclic amines) is 1. The van der Waals surface area contributed by atoms with Crippen LogP contribution in [0, 0.1) is 11.3 Å². The van der Waals surface area contributed by atoms with E-state index in [1.165, 1.54) is 4.90 Å². The van der Waals surface area contributed by atoms with E-state index in [-0.39, 0.29) is 19.6 Å². The average Bonchev–Trinajstić information content (AvgIpc) is 3.99. The lowest BCUT2D eigenvalue weighted by molar-refractivity contribution is -0.143. The summed E-state index contributed by atoms with van der Waals surface area (Å²) in [7, 11) is -4.12. The number of nitrogens with zero attached hydrogens (tertiary/aromatic N) is 2. The number of alkyl halides is 2. The van der Waals surface area contributed by atoms with Gasteiger partial charge in [0.2, 0.25) is 28.3 Å². The highest BCUT2D eigenvalue weighted by molar-refractivity contribution is 7.91. The van der Waals surface area contributed by atoms with E-state index in [0.29, 0.717) is 18.6 Å². The Hall–Kier alpha value is -4.60. The maximum absolute atomic E-state index is 14.2. The minimum absolute atomic E-state index is 0.0417. The van der Waals surface area contributed by atoms with Crippen LogP contribution in [-0.2, 0) is 34.0 Å². The van der Waals surface area contributed by atoms with Gasteiger partial charge in [-0.25, -0.2) is 22.0 Å². The molecule has 13 nitrogen and oxygen atoms in total. The third-order valence-electron chi connectivity index (χ3n) is 9.72. The van der Waals surface area contributed by atoms with Crippen LogP contribution in [0.2, 0.25) is 0 Å². The molecule has 5 atom stereocenters. The number of sulfonamides is 1. The van der Waals surface area contributed by atoms with Crippen LogP contribution >= 0.6 is 0 Å². The molecule has 274 valence electrons. The van der Waals surface area contributed by atoms with E-state index in [0.717, 1.165) is 22.3 Å². The topological polar surface area (TPSA) is 173 Å². The predicted molar refractivity (Wildman–Crippen MR) is 181 cm³/mol. The van der Waals surface area contributed by atoms with Gasteiger partial charge in [-0.15, -0.1) is 0 Å². The Kier molecular flexibility index (Phi) is 9.59.